The number of amides is 3. The van der Waals surface area contributed by atoms with Gasteiger partial charge in [-0.25, -0.2) is 0 Å². The summed E-state index contributed by atoms with van der Waals surface area (Å²) in [4.78, 5) is 84.6. The Kier molecular flexibility index (Phi) is 13.2. The predicted molar refractivity (Wildman–Crippen MR) is 142 cm³/mol. The van der Waals surface area contributed by atoms with Crippen molar-refractivity contribution in [1.82, 2.24) is 10.6 Å². The maximum absolute atomic E-state index is 12.8. The third-order valence-electron chi connectivity index (χ3n) is 5.86. The molecule has 16 heteroatoms. The smallest absolute Gasteiger partial charge is 0.303 e. The van der Waals surface area contributed by atoms with Crippen molar-refractivity contribution in [2.75, 3.05) is 6.61 Å². The molecule has 1 aliphatic rings. The first kappa shape index (κ1) is 34.8. The summed E-state index contributed by atoms with van der Waals surface area (Å²) in [5.41, 5.74) is 6.58. The van der Waals surface area contributed by atoms with E-state index in [1.807, 2.05) is 5.32 Å². The molecule has 2 rings (SSSR count). The molecule has 43 heavy (non-hydrogen) atoms. The number of hydrogen-bond donors (Lipinski definition) is 4. The zero-order chi connectivity index (χ0) is 32.3. The average Bonchev–Trinajstić information content (AvgIpc) is 2.90. The Hall–Kier alpha value is -4.41. The van der Waals surface area contributed by atoms with Crippen molar-refractivity contribution in [3.8, 4) is 0 Å². The van der Waals surface area contributed by atoms with Gasteiger partial charge >= 0.3 is 23.9 Å². The Balaban J connectivity index is 2.16. The van der Waals surface area contributed by atoms with E-state index in [0.29, 0.717) is 0 Å². The summed E-state index contributed by atoms with van der Waals surface area (Å²) in [5, 5.41) is 14.5. The lowest BCUT2D eigenvalue weighted by atomic mass is 9.97. The molecule has 0 spiro atoms. The number of aliphatic hydroxyl groups excluding tert-OH is 1. The Morgan fingerprint density at radius 2 is 1.40 bits per heavy atom. The van der Waals surface area contributed by atoms with E-state index < -0.39 is 97.4 Å². The molecule has 1 fully saturated rings. The highest BCUT2D eigenvalue weighted by Gasteiger charge is 2.52. The summed E-state index contributed by atoms with van der Waals surface area (Å²) in [6, 6.07) is 7.63. The maximum Gasteiger partial charge on any atom is 0.303 e. The molecule has 1 heterocycles. The fourth-order valence-corrected chi connectivity index (χ4v) is 4.09. The molecule has 0 aliphatic carbocycles. The zero-order valence-electron chi connectivity index (χ0n) is 24.0. The molecular weight excluding hydrogens is 574 g/mol. The molecule has 3 amide bonds. The SMILES string of the molecule is CC(=O)OC[C@H]1OC(NC(=O)C[C@H](O)C(=O)NC(=O)[C@@H](N)Cc2ccccc2)[C@H](OC(C)=O)[C@@H](OC(C)=O)[C@@H]1OC(C)=O. The van der Waals surface area contributed by atoms with Crippen molar-refractivity contribution < 1.29 is 62.4 Å². The van der Waals surface area contributed by atoms with Gasteiger partial charge in [0.25, 0.3) is 5.91 Å². The van der Waals surface area contributed by atoms with Gasteiger partial charge in [-0.05, 0) is 12.0 Å². The van der Waals surface area contributed by atoms with E-state index in [1.54, 1.807) is 30.3 Å². The number of benzene rings is 1. The molecule has 1 aliphatic heterocycles. The quantitative estimate of drug-likeness (QED) is 0.150. The number of imide groups is 1. The van der Waals surface area contributed by atoms with Gasteiger partial charge in [-0.3, -0.25) is 38.9 Å². The summed E-state index contributed by atoms with van der Waals surface area (Å²) in [6.07, 6.45) is -10.3. The molecule has 236 valence electrons. The largest absolute Gasteiger partial charge is 0.463 e. The summed E-state index contributed by atoms with van der Waals surface area (Å²) in [6.45, 7) is 3.67. The molecule has 1 aromatic carbocycles. The van der Waals surface area contributed by atoms with Crippen LogP contribution in [0.2, 0.25) is 0 Å². The lowest BCUT2D eigenvalue weighted by Gasteiger charge is -2.44. The molecular formula is C27H35N3O13. The molecule has 1 unspecified atom stereocenters. The number of nitrogens with one attached hydrogen (secondary N) is 2. The lowest BCUT2D eigenvalue weighted by molar-refractivity contribution is -0.257. The van der Waals surface area contributed by atoms with Gasteiger partial charge in [0.05, 0.1) is 12.5 Å². The second kappa shape index (κ2) is 16.3. The van der Waals surface area contributed by atoms with Crippen LogP contribution in [0.25, 0.3) is 0 Å². The Bertz CT molecular complexity index is 1190. The summed E-state index contributed by atoms with van der Waals surface area (Å²) >= 11 is 0. The first-order valence-electron chi connectivity index (χ1n) is 13.1. The maximum atomic E-state index is 12.8. The minimum Gasteiger partial charge on any atom is -0.463 e. The van der Waals surface area contributed by atoms with Crippen LogP contribution in [0, 0.1) is 0 Å². The number of carbonyl (C=O) groups excluding carboxylic acids is 7. The fourth-order valence-electron chi connectivity index (χ4n) is 4.09. The van der Waals surface area contributed by atoms with Crippen molar-refractivity contribution in [2.24, 2.45) is 5.73 Å². The molecule has 1 aromatic rings. The molecule has 7 atom stereocenters. The van der Waals surface area contributed by atoms with Gasteiger partial charge in [0.1, 0.15) is 18.8 Å². The van der Waals surface area contributed by atoms with Crippen molar-refractivity contribution in [2.45, 2.75) is 83.3 Å². The van der Waals surface area contributed by atoms with Crippen molar-refractivity contribution in [3.05, 3.63) is 35.9 Å². The van der Waals surface area contributed by atoms with Crippen molar-refractivity contribution >= 4 is 41.6 Å². The second-order valence-corrected chi connectivity index (χ2v) is 9.56. The predicted octanol–water partition coefficient (Wildman–Crippen LogP) is -1.85. The van der Waals surface area contributed by atoms with E-state index in [-0.39, 0.29) is 6.42 Å². The van der Waals surface area contributed by atoms with Gasteiger partial charge in [-0.15, -0.1) is 0 Å². The molecule has 16 nitrogen and oxygen atoms in total. The minimum atomic E-state index is -2.02. The van der Waals surface area contributed by atoms with E-state index in [9.17, 15) is 38.7 Å². The zero-order valence-corrected chi connectivity index (χ0v) is 24.0. The summed E-state index contributed by atoms with van der Waals surface area (Å²) < 4.78 is 26.4. The third kappa shape index (κ3) is 11.4. The van der Waals surface area contributed by atoms with Crippen LogP contribution < -0.4 is 16.4 Å². The van der Waals surface area contributed by atoms with Crippen LogP contribution >= 0.6 is 0 Å². The van der Waals surface area contributed by atoms with Gasteiger partial charge in [0.15, 0.2) is 24.5 Å². The average molecular weight is 610 g/mol. The van der Waals surface area contributed by atoms with Gasteiger partial charge in [0.2, 0.25) is 11.8 Å². The monoisotopic (exact) mass is 609 g/mol. The van der Waals surface area contributed by atoms with Crippen LogP contribution in [0.4, 0.5) is 0 Å². The normalized spacial score (nSPS) is 22.6. The Labute approximate surface area is 246 Å². The summed E-state index contributed by atoms with van der Waals surface area (Å²) in [5.74, 6) is -6.45. The van der Waals surface area contributed by atoms with Gasteiger partial charge in [0, 0.05) is 27.7 Å². The number of esters is 4. The topological polar surface area (TPSA) is 236 Å². The highest BCUT2D eigenvalue weighted by atomic mass is 16.7. The molecule has 0 saturated carbocycles. The molecule has 5 N–H and O–H groups in total. The number of ether oxygens (including phenoxy) is 5. The standard InChI is InChI=1S/C27H35N3O13/c1-13(31)39-12-20-22(40-14(2)32)23(41-15(3)33)24(42-16(4)34)27(43-20)29-21(36)11-19(35)26(38)30-25(37)18(28)10-17-8-6-5-7-9-17/h5-9,18-20,22-24,27,35H,10-12,28H2,1-4H3,(H,29,36)(H,30,37,38)/t18-,19-,20+,22+,23-,24+,27?/m0/s1. The van der Waals surface area contributed by atoms with E-state index in [4.69, 9.17) is 29.4 Å². The highest BCUT2D eigenvalue weighted by molar-refractivity contribution is 6.00. The number of nitrogens with two attached hydrogens (primary N) is 1. The van der Waals surface area contributed by atoms with Crippen molar-refractivity contribution in [1.29, 1.82) is 0 Å². The first-order valence-corrected chi connectivity index (χ1v) is 13.1. The number of rotatable bonds is 12. The van der Waals surface area contributed by atoms with E-state index in [2.05, 4.69) is 5.32 Å². The van der Waals surface area contributed by atoms with Gasteiger partial charge in [-0.1, -0.05) is 30.3 Å². The minimum absolute atomic E-state index is 0.111. The van der Waals surface area contributed by atoms with Crippen LogP contribution in [0.3, 0.4) is 0 Å². The number of carbonyl (C=O) groups is 7. The highest BCUT2D eigenvalue weighted by Crippen LogP contribution is 2.28. The van der Waals surface area contributed by atoms with Gasteiger partial charge < -0.3 is 39.8 Å². The molecule has 0 aromatic heterocycles. The Morgan fingerprint density at radius 3 is 1.95 bits per heavy atom. The molecule has 0 radical (unpaired) electrons. The van der Waals surface area contributed by atoms with Crippen LogP contribution in [0.5, 0.6) is 0 Å². The Morgan fingerprint density at radius 1 is 0.837 bits per heavy atom. The molecule has 1 saturated heterocycles. The van der Waals surface area contributed by atoms with E-state index >= 15 is 0 Å². The van der Waals surface area contributed by atoms with Crippen LogP contribution in [-0.2, 0) is 63.7 Å². The van der Waals surface area contributed by atoms with E-state index in [0.717, 1.165) is 33.3 Å². The van der Waals surface area contributed by atoms with Crippen LogP contribution in [-0.4, -0.2) is 96.1 Å². The van der Waals surface area contributed by atoms with Crippen LogP contribution in [0.1, 0.15) is 39.7 Å². The summed E-state index contributed by atoms with van der Waals surface area (Å²) in [7, 11) is 0. The lowest BCUT2D eigenvalue weighted by Crippen LogP contribution is -2.66. The molecule has 0 bridgehead atoms. The fraction of sp³-hybridized carbons (Fsp3) is 0.519. The second-order valence-electron chi connectivity index (χ2n) is 9.56. The third-order valence-corrected chi connectivity index (χ3v) is 5.86. The number of aliphatic hydroxyl groups is 1. The van der Waals surface area contributed by atoms with Crippen molar-refractivity contribution in [3.63, 3.8) is 0 Å². The number of hydrogen-bond acceptors (Lipinski definition) is 14. The first-order chi connectivity index (χ1) is 20.2. The van der Waals surface area contributed by atoms with Crippen LogP contribution in [0.15, 0.2) is 30.3 Å². The van der Waals surface area contributed by atoms with E-state index in [1.165, 1.54) is 0 Å². The van der Waals surface area contributed by atoms with Gasteiger partial charge in [-0.2, -0.15) is 0 Å².